The van der Waals surface area contributed by atoms with Crippen molar-refractivity contribution < 1.29 is 8.42 Å². The summed E-state index contributed by atoms with van der Waals surface area (Å²) in [5, 5.41) is 0. The normalized spacial score (nSPS) is 12.8. The van der Waals surface area contributed by atoms with E-state index in [-0.39, 0.29) is 15.9 Å². The summed E-state index contributed by atoms with van der Waals surface area (Å²) in [6.45, 7) is 1.75. The van der Waals surface area contributed by atoms with Gasteiger partial charge in [0.1, 0.15) is 9.88 Å². The van der Waals surface area contributed by atoms with Crippen molar-refractivity contribution in [2.45, 2.75) is 17.9 Å². The number of sulfonamides is 1. The second-order valence-electron chi connectivity index (χ2n) is 4.37. The van der Waals surface area contributed by atoms with Gasteiger partial charge in [-0.1, -0.05) is 12.2 Å². The highest BCUT2D eigenvalue weighted by molar-refractivity contribution is 7.89. The Morgan fingerprint density at radius 2 is 1.95 bits per heavy atom. The fourth-order valence-electron chi connectivity index (χ4n) is 1.71. The molecule has 0 saturated heterocycles. The molecule has 0 radical (unpaired) electrons. The topological polar surface area (TPSA) is 98.0 Å². The Morgan fingerprint density at radius 1 is 1.29 bits per heavy atom. The fourth-order valence-corrected chi connectivity index (χ4v) is 3.00. The molecule has 8 heteroatoms. The van der Waals surface area contributed by atoms with Crippen molar-refractivity contribution in [3.05, 3.63) is 54.1 Å². The maximum Gasteiger partial charge on any atom is 0.242 e. The molecule has 0 bridgehead atoms. The number of nitrogens with two attached hydrogens (primary N) is 1. The molecule has 1 unspecified atom stereocenters. The summed E-state index contributed by atoms with van der Waals surface area (Å²) in [5.74, 6) is 0. The van der Waals surface area contributed by atoms with Crippen molar-refractivity contribution >= 4 is 27.2 Å². The van der Waals surface area contributed by atoms with Crippen LogP contribution >= 0.6 is 12.2 Å². The molecule has 0 fully saturated rings. The molecule has 2 rings (SSSR count). The van der Waals surface area contributed by atoms with Crippen LogP contribution in [0.15, 0.2) is 47.8 Å². The zero-order valence-corrected chi connectivity index (χ0v) is 12.9. The van der Waals surface area contributed by atoms with Crippen LogP contribution in [0.2, 0.25) is 0 Å². The largest absolute Gasteiger partial charge is 0.388 e. The molecule has 110 valence electrons. The van der Waals surface area contributed by atoms with Crippen LogP contribution in [0.1, 0.15) is 24.2 Å². The molecule has 2 aromatic heterocycles. The van der Waals surface area contributed by atoms with Crippen LogP contribution in [0, 0.1) is 0 Å². The summed E-state index contributed by atoms with van der Waals surface area (Å²) in [6, 6.07) is 6.02. The summed E-state index contributed by atoms with van der Waals surface area (Å²) in [5.41, 5.74) is 6.63. The van der Waals surface area contributed by atoms with Gasteiger partial charge in [-0.2, -0.15) is 0 Å². The minimum atomic E-state index is -3.67. The van der Waals surface area contributed by atoms with Gasteiger partial charge in [0, 0.05) is 24.6 Å². The quantitative estimate of drug-likeness (QED) is 0.801. The number of rotatable bonds is 5. The summed E-state index contributed by atoms with van der Waals surface area (Å²) in [7, 11) is -3.67. The Morgan fingerprint density at radius 3 is 2.48 bits per heavy atom. The first-order valence-electron chi connectivity index (χ1n) is 6.08. The Balaban J connectivity index is 2.20. The summed E-state index contributed by atoms with van der Waals surface area (Å²) < 4.78 is 27.1. The minimum Gasteiger partial charge on any atom is -0.388 e. The van der Waals surface area contributed by atoms with Gasteiger partial charge in [0.25, 0.3) is 0 Å². The Hall–Kier alpha value is -1.90. The Labute approximate surface area is 128 Å². The van der Waals surface area contributed by atoms with Crippen molar-refractivity contribution in [3.63, 3.8) is 0 Å². The number of hydrogen-bond donors (Lipinski definition) is 2. The number of nitrogens with zero attached hydrogens (tertiary/aromatic N) is 2. The number of thiocarbonyl (C=S) groups is 1. The first kappa shape index (κ1) is 15.5. The summed E-state index contributed by atoms with van der Waals surface area (Å²) in [6.07, 6.45) is 4.45. The lowest BCUT2D eigenvalue weighted by Gasteiger charge is -2.14. The SMILES string of the molecule is CC(NS(=O)(=O)c1ccc(C(N)=S)nc1)c1ccncc1. The molecule has 0 spiro atoms. The van der Waals surface area contributed by atoms with Gasteiger partial charge in [-0.3, -0.25) is 9.97 Å². The van der Waals surface area contributed by atoms with Crippen molar-refractivity contribution in [1.29, 1.82) is 0 Å². The molecule has 0 saturated carbocycles. The van der Waals surface area contributed by atoms with E-state index in [1.807, 2.05) is 0 Å². The van der Waals surface area contributed by atoms with Crippen LogP contribution < -0.4 is 10.5 Å². The second-order valence-corrected chi connectivity index (χ2v) is 6.52. The van der Waals surface area contributed by atoms with Gasteiger partial charge in [0.15, 0.2) is 0 Å². The highest BCUT2D eigenvalue weighted by Gasteiger charge is 2.18. The highest BCUT2D eigenvalue weighted by Crippen LogP contribution is 2.15. The predicted molar refractivity (Wildman–Crippen MR) is 83.1 cm³/mol. The zero-order valence-electron chi connectivity index (χ0n) is 11.2. The Kier molecular flexibility index (Phi) is 4.61. The molecule has 1 atom stereocenters. The van der Waals surface area contributed by atoms with E-state index >= 15 is 0 Å². The van der Waals surface area contributed by atoms with Gasteiger partial charge in [0.2, 0.25) is 10.0 Å². The average molecular weight is 322 g/mol. The van der Waals surface area contributed by atoms with Gasteiger partial charge in [-0.05, 0) is 36.8 Å². The number of pyridine rings is 2. The molecule has 3 N–H and O–H groups in total. The van der Waals surface area contributed by atoms with Crippen molar-refractivity contribution in [1.82, 2.24) is 14.7 Å². The van der Waals surface area contributed by atoms with Crippen LogP contribution in [0.4, 0.5) is 0 Å². The maximum absolute atomic E-state index is 12.3. The van der Waals surface area contributed by atoms with Gasteiger partial charge < -0.3 is 5.73 Å². The van der Waals surface area contributed by atoms with E-state index in [1.165, 1.54) is 18.3 Å². The van der Waals surface area contributed by atoms with Crippen molar-refractivity contribution in [2.24, 2.45) is 5.73 Å². The van der Waals surface area contributed by atoms with Crippen molar-refractivity contribution in [3.8, 4) is 0 Å². The molecule has 6 nitrogen and oxygen atoms in total. The zero-order chi connectivity index (χ0) is 15.5. The third-order valence-electron chi connectivity index (χ3n) is 2.84. The first-order valence-corrected chi connectivity index (χ1v) is 7.97. The first-order chi connectivity index (χ1) is 9.90. The lowest BCUT2D eigenvalue weighted by atomic mass is 10.1. The second kappa shape index (κ2) is 6.25. The van der Waals surface area contributed by atoms with E-state index in [1.54, 1.807) is 31.5 Å². The van der Waals surface area contributed by atoms with Crippen LogP contribution in [0.3, 0.4) is 0 Å². The van der Waals surface area contributed by atoms with E-state index in [4.69, 9.17) is 18.0 Å². The standard InChI is InChI=1S/C13H14N4O2S2/c1-9(10-4-6-15-7-5-10)17-21(18,19)11-2-3-12(13(14)20)16-8-11/h2-9,17H,1H3,(H2,14,20). The molecule has 2 aromatic rings. The van der Waals surface area contributed by atoms with Crippen LogP contribution in [0.5, 0.6) is 0 Å². The molecular formula is C13H14N4O2S2. The summed E-state index contributed by atoms with van der Waals surface area (Å²) >= 11 is 4.78. The van der Waals surface area contributed by atoms with Gasteiger partial charge in [-0.25, -0.2) is 13.1 Å². The average Bonchev–Trinajstić information content (AvgIpc) is 2.48. The summed E-state index contributed by atoms with van der Waals surface area (Å²) in [4.78, 5) is 8.01. The third-order valence-corrected chi connectivity index (χ3v) is 4.57. The highest BCUT2D eigenvalue weighted by atomic mass is 32.2. The van der Waals surface area contributed by atoms with Gasteiger partial charge >= 0.3 is 0 Å². The van der Waals surface area contributed by atoms with Gasteiger partial charge in [-0.15, -0.1) is 0 Å². The molecule has 0 aliphatic carbocycles. The van der Waals surface area contributed by atoms with Crippen molar-refractivity contribution in [2.75, 3.05) is 0 Å². The van der Waals surface area contributed by atoms with E-state index in [0.717, 1.165) is 5.56 Å². The molecular weight excluding hydrogens is 308 g/mol. The van der Waals surface area contributed by atoms with Crippen LogP contribution in [0.25, 0.3) is 0 Å². The van der Waals surface area contributed by atoms with E-state index in [9.17, 15) is 8.42 Å². The number of nitrogens with one attached hydrogen (secondary N) is 1. The third kappa shape index (κ3) is 3.81. The lowest BCUT2D eigenvalue weighted by Crippen LogP contribution is -2.27. The number of aromatic nitrogens is 2. The van der Waals surface area contributed by atoms with E-state index in [0.29, 0.717) is 5.69 Å². The monoisotopic (exact) mass is 322 g/mol. The van der Waals surface area contributed by atoms with Crippen LogP contribution in [-0.2, 0) is 10.0 Å². The van der Waals surface area contributed by atoms with Crippen LogP contribution in [-0.4, -0.2) is 23.4 Å². The van der Waals surface area contributed by atoms with E-state index in [2.05, 4.69) is 14.7 Å². The molecule has 0 amide bonds. The molecule has 21 heavy (non-hydrogen) atoms. The molecule has 2 heterocycles. The number of hydrogen-bond acceptors (Lipinski definition) is 5. The molecule has 0 aliphatic rings. The van der Waals surface area contributed by atoms with Gasteiger partial charge in [0.05, 0.1) is 5.69 Å². The Bertz CT molecular complexity index is 731. The fraction of sp³-hybridized carbons (Fsp3) is 0.154. The molecule has 0 aromatic carbocycles. The maximum atomic E-state index is 12.3. The minimum absolute atomic E-state index is 0.0587. The smallest absolute Gasteiger partial charge is 0.242 e. The predicted octanol–water partition coefficient (Wildman–Crippen LogP) is 1.15. The molecule has 0 aliphatic heterocycles. The lowest BCUT2D eigenvalue weighted by molar-refractivity contribution is 0.566. The van der Waals surface area contributed by atoms with E-state index < -0.39 is 10.0 Å².